The molecule has 2 fully saturated rings. The molecule has 3 heterocycles. The third-order valence-electron chi connectivity index (χ3n) is 5.00. The van der Waals surface area contributed by atoms with Crippen LogP contribution in [0.2, 0.25) is 0 Å². The second kappa shape index (κ2) is 7.38. The van der Waals surface area contributed by atoms with E-state index in [0.29, 0.717) is 6.04 Å². The molecule has 2 atom stereocenters. The SMILES string of the molecule is CCN(C(=O)C1CC(c2ccccn2)NN1)C1CCN(C)CC1. The van der Waals surface area contributed by atoms with Crippen molar-refractivity contribution in [2.24, 2.45) is 0 Å². The largest absolute Gasteiger partial charge is 0.338 e. The van der Waals surface area contributed by atoms with Crippen LogP contribution in [0.25, 0.3) is 0 Å². The smallest absolute Gasteiger partial charge is 0.241 e. The lowest BCUT2D eigenvalue weighted by atomic mass is 10.0. The Morgan fingerprint density at radius 2 is 2.13 bits per heavy atom. The summed E-state index contributed by atoms with van der Waals surface area (Å²) in [5.41, 5.74) is 7.38. The Bertz CT molecular complexity index is 515. The average molecular weight is 317 g/mol. The van der Waals surface area contributed by atoms with E-state index in [-0.39, 0.29) is 18.0 Å². The molecule has 2 unspecified atom stereocenters. The third-order valence-corrected chi connectivity index (χ3v) is 5.00. The first kappa shape index (κ1) is 16.4. The van der Waals surface area contributed by atoms with E-state index in [2.05, 4.69) is 39.6 Å². The molecule has 2 saturated heterocycles. The topological polar surface area (TPSA) is 60.5 Å². The first-order valence-corrected chi connectivity index (χ1v) is 8.60. The van der Waals surface area contributed by atoms with Crippen LogP contribution < -0.4 is 10.9 Å². The number of pyridine rings is 1. The van der Waals surface area contributed by atoms with Crippen molar-refractivity contribution >= 4 is 5.91 Å². The normalized spacial score (nSPS) is 26.3. The molecule has 0 radical (unpaired) electrons. The van der Waals surface area contributed by atoms with E-state index in [1.54, 1.807) is 6.20 Å². The highest BCUT2D eigenvalue weighted by molar-refractivity contribution is 5.82. The van der Waals surface area contributed by atoms with Gasteiger partial charge in [-0.15, -0.1) is 0 Å². The van der Waals surface area contributed by atoms with Crippen LogP contribution in [0.15, 0.2) is 24.4 Å². The number of carbonyl (C=O) groups excluding carboxylic acids is 1. The summed E-state index contributed by atoms with van der Waals surface area (Å²) < 4.78 is 0. The van der Waals surface area contributed by atoms with Crippen LogP contribution in [-0.4, -0.2) is 59.5 Å². The van der Waals surface area contributed by atoms with E-state index < -0.39 is 0 Å². The standard InChI is InChI=1S/C17H27N5O/c1-3-22(13-7-10-21(2)11-8-13)17(23)16-12-15(19-20-16)14-6-4-5-9-18-14/h4-6,9,13,15-16,19-20H,3,7-8,10-12H2,1-2H3. The van der Waals surface area contributed by atoms with Crippen LogP contribution in [-0.2, 0) is 4.79 Å². The van der Waals surface area contributed by atoms with Crippen LogP contribution in [0.3, 0.4) is 0 Å². The van der Waals surface area contributed by atoms with Crippen molar-refractivity contribution in [3.05, 3.63) is 30.1 Å². The van der Waals surface area contributed by atoms with Gasteiger partial charge in [-0.1, -0.05) is 6.07 Å². The van der Waals surface area contributed by atoms with Crippen molar-refractivity contribution in [2.45, 2.75) is 44.3 Å². The number of carbonyl (C=O) groups is 1. The minimum atomic E-state index is -0.165. The Labute approximate surface area is 138 Å². The second-order valence-corrected chi connectivity index (χ2v) is 6.54. The molecule has 0 bridgehead atoms. The molecule has 1 aromatic heterocycles. The number of aromatic nitrogens is 1. The predicted molar refractivity (Wildman–Crippen MR) is 89.6 cm³/mol. The van der Waals surface area contributed by atoms with Gasteiger partial charge in [-0.3, -0.25) is 9.78 Å². The van der Waals surface area contributed by atoms with Crippen molar-refractivity contribution in [1.29, 1.82) is 0 Å². The predicted octanol–water partition coefficient (Wildman–Crippen LogP) is 0.932. The molecule has 23 heavy (non-hydrogen) atoms. The number of nitrogens with one attached hydrogen (secondary N) is 2. The molecule has 3 rings (SSSR count). The molecule has 2 N–H and O–H groups in total. The fourth-order valence-electron chi connectivity index (χ4n) is 3.59. The zero-order valence-electron chi connectivity index (χ0n) is 14.0. The zero-order chi connectivity index (χ0) is 16.2. The molecule has 0 aliphatic carbocycles. The van der Waals surface area contributed by atoms with Gasteiger partial charge in [0.25, 0.3) is 0 Å². The number of likely N-dealkylation sites (N-methyl/N-ethyl adjacent to an activating group) is 1. The van der Waals surface area contributed by atoms with E-state index in [9.17, 15) is 4.79 Å². The number of nitrogens with zero attached hydrogens (tertiary/aromatic N) is 3. The Hall–Kier alpha value is -1.50. The van der Waals surface area contributed by atoms with Crippen molar-refractivity contribution in [1.82, 2.24) is 25.6 Å². The monoisotopic (exact) mass is 317 g/mol. The van der Waals surface area contributed by atoms with Gasteiger partial charge >= 0.3 is 0 Å². The van der Waals surface area contributed by atoms with Crippen LogP contribution in [0.1, 0.15) is 37.9 Å². The molecule has 1 amide bonds. The van der Waals surface area contributed by atoms with Gasteiger partial charge in [0.05, 0.1) is 11.7 Å². The van der Waals surface area contributed by atoms with Gasteiger partial charge in [0.15, 0.2) is 0 Å². The minimum Gasteiger partial charge on any atom is -0.338 e. The Balaban J connectivity index is 1.61. The van der Waals surface area contributed by atoms with Gasteiger partial charge in [0, 0.05) is 18.8 Å². The molecule has 2 aliphatic rings. The van der Waals surface area contributed by atoms with Crippen molar-refractivity contribution in [3.8, 4) is 0 Å². The lowest BCUT2D eigenvalue weighted by Gasteiger charge is -2.37. The number of hydrogen-bond donors (Lipinski definition) is 2. The van der Waals surface area contributed by atoms with E-state index in [1.807, 2.05) is 18.2 Å². The molecule has 6 nitrogen and oxygen atoms in total. The number of hydrogen-bond acceptors (Lipinski definition) is 5. The van der Waals surface area contributed by atoms with Gasteiger partial charge in [0.1, 0.15) is 6.04 Å². The Morgan fingerprint density at radius 3 is 2.78 bits per heavy atom. The van der Waals surface area contributed by atoms with Gasteiger partial charge in [-0.25, -0.2) is 10.9 Å². The summed E-state index contributed by atoms with van der Waals surface area (Å²) >= 11 is 0. The molecule has 2 aliphatic heterocycles. The maximum atomic E-state index is 12.9. The van der Waals surface area contributed by atoms with Crippen LogP contribution >= 0.6 is 0 Å². The Kier molecular flexibility index (Phi) is 5.25. The maximum absolute atomic E-state index is 12.9. The van der Waals surface area contributed by atoms with Crippen molar-refractivity contribution in [2.75, 3.05) is 26.7 Å². The second-order valence-electron chi connectivity index (χ2n) is 6.54. The molecule has 0 saturated carbocycles. The van der Waals surface area contributed by atoms with Gasteiger partial charge in [-0.2, -0.15) is 0 Å². The summed E-state index contributed by atoms with van der Waals surface area (Å²) in [5.74, 6) is 0.216. The number of rotatable bonds is 4. The summed E-state index contributed by atoms with van der Waals surface area (Å²) in [6.07, 6.45) is 4.68. The number of piperidine rings is 1. The van der Waals surface area contributed by atoms with E-state index in [0.717, 1.165) is 44.6 Å². The summed E-state index contributed by atoms with van der Waals surface area (Å²) in [4.78, 5) is 21.7. The van der Waals surface area contributed by atoms with Crippen LogP contribution in [0.5, 0.6) is 0 Å². The van der Waals surface area contributed by atoms with Gasteiger partial charge < -0.3 is 9.80 Å². The van der Waals surface area contributed by atoms with Crippen LogP contribution in [0, 0.1) is 0 Å². The summed E-state index contributed by atoms with van der Waals surface area (Å²) in [5, 5.41) is 0. The fraction of sp³-hybridized carbons (Fsp3) is 0.647. The van der Waals surface area contributed by atoms with E-state index >= 15 is 0 Å². The first-order chi connectivity index (χ1) is 11.2. The van der Waals surface area contributed by atoms with Gasteiger partial charge in [0.2, 0.25) is 5.91 Å². The minimum absolute atomic E-state index is 0.0985. The number of amides is 1. The van der Waals surface area contributed by atoms with E-state index in [1.165, 1.54) is 0 Å². The lowest BCUT2D eigenvalue weighted by Crippen LogP contribution is -2.52. The molecule has 1 aromatic rings. The summed E-state index contributed by atoms with van der Waals surface area (Å²) in [7, 11) is 2.15. The number of hydrazine groups is 1. The van der Waals surface area contributed by atoms with Crippen LogP contribution in [0.4, 0.5) is 0 Å². The average Bonchev–Trinajstić information content (AvgIpc) is 3.08. The summed E-state index contributed by atoms with van der Waals surface area (Å²) in [6.45, 7) is 5.00. The molecule has 0 aromatic carbocycles. The fourth-order valence-corrected chi connectivity index (χ4v) is 3.59. The molecule has 6 heteroatoms. The third kappa shape index (κ3) is 3.71. The molecule has 0 spiro atoms. The van der Waals surface area contributed by atoms with Gasteiger partial charge in [-0.05, 0) is 58.5 Å². The van der Waals surface area contributed by atoms with Crippen molar-refractivity contribution < 1.29 is 4.79 Å². The first-order valence-electron chi connectivity index (χ1n) is 8.60. The lowest BCUT2D eigenvalue weighted by molar-refractivity contribution is -0.136. The highest BCUT2D eigenvalue weighted by Crippen LogP contribution is 2.23. The summed E-state index contributed by atoms with van der Waals surface area (Å²) in [6, 6.07) is 6.20. The highest BCUT2D eigenvalue weighted by Gasteiger charge is 2.35. The molecule has 126 valence electrons. The molecular weight excluding hydrogens is 290 g/mol. The van der Waals surface area contributed by atoms with E-state index in [4.69, 9.17) is 0 Å². The number of likely N-dealkylation sites (tertiary alicyclic amines) is 1. The molecular formula is C17H27N5O. The Morgan fingerprint density at radius 1 is 1.35 bits per heavy atom. The highest BCUT2D eigenvalue weighted by atomic mass is 16.2. The zero-order valence-corrected chi connectivity index (χ0v) is 14.0. The maximum Gasteiger partial charge on any atom is 0.241 e. The quantitative estimate of drug-likeness (QED) is 0.865. The van der Waals surface area contributed by atoms with Crippen molar-refractivity contribution in [3.63, 3.8) is 0 Å².